The summed E-state index contributed by atoms with van der Waals surface area (Å²) in [5.74, 6) is 0.850. The zero-order valence-electron chi connectivity index (χ0n) is 12.6. The smallest absolute Gasteiger partial charge is 0.191 e. The molecule has 0 aromatic carbocycles. The summed E-state index contributed by atoms with van der Waals surface area (Å²) in [5, 5.41) is 6.61. The second-order valence-electron chi connectivity index (χ2n) is 4.12. The van der Waals surface area contributed by atoms with Gasteiger partial charge in [-0.05, 0) is 31.9 Å². The quantitative estimate of drug-likeness (QED) is 0.299. The topological polar surface area (TPSA) is 45.6 Å². The number of nitrogens with zero attached hydrogens (tertiary/aromatic N) is 1. The number of nitrogens with one attached hydrogen (secondary N) is 2. The van der Waals surface area contributed by atoms with Gasteiger partial charge in [-0.2, -0.15) is 0 Å². The molecule has 6 heteroatoms. The normalized spacial score (nSPS) is 11.1. The molecule has 0 saturated heterocycles. The lowest BCUT2D eigenvalue weighted by atomic mass is 10.3. The maximum atomic E-state index is 5.29. The fourth-order valence-electron chi connectivity index (χ4n) is 1.62. The predicted molar refractivity (Wildman–Crippen MR) is 98.4 cm³/mol. The first-order valence-electron chi connectivity index (χ1n) is 6.90. The van der Waals surface area contributed by atoms with Crippen molar-refractivity contribution < 1.29 is 4.74 Å². The molecule has 1 rings (SSSR count). The third-order valence-electron chi connectivity index (χ3n) is 2.68. The summed E-state index contributed by atoms with van der Waals surface area (Å²) in [4.78, 5) is 6.98. The van der Waals surface area contributed by atoms with E-state index < -0.39 is 0 Å². The Kier molecular flexibility index (Phi) is 12.2. The van der Waals surface area contributed by atoms with E-state index in [0.717, 1.165) is 45.1 Å². The van der Waals surface area contributed by atoms with Crippen molar-refractivity contribution >= 4 is 41.3 Å². The van der Waals surface area contributed by atoms with E-state index >= 15 is 0 Å². The van der Waals surface area contributed by atoms with E-state index in [9.17, 15) is 0 Å². The maximum absolute atomic E-state index is 5.29. The summed E-state index contributed by atoms with van der Waals surface area (Å²) in [7, 11) is 1.80. The number of rotatable bonds is 8. The van der Waals surface area contributed by atoms with E-state index in [1.807, 2.05) is 18.3 Å². The molecule has 20 heavy (non-hydrogen) atoms. The third-order valence-corrected chi connectivity index (χ3v) is 3.91. The van der Waals surface area contributed by atoms with E-state index in [1.54, 1.807) is 7.05 Å². The highest BCUT2D eigenvalue weighted by atomic mass is 127. The molecule has 0 bridgehead atoms. The van der Waals surface area contributed by atoms with Crippen LogP contribution in [0.3, 0.4) is 0 Å². The largest absolute Gasteiger partial charge is 0.382 e. The van der Waals surface area contributed by atoms with Crippen molar-refractivity contribution in [1.29, 1.82) is 0 Å². The van der Waals surface area contributed by atoms with Gasteiger partial charge in [0.1, 0.15) is 0 Å². The average molecular weight is 411 g/mol. The molecule has 0 aliphatic heterocycles. The van der Waals surface area contributed by atoms with E-state index in [0.29, 0.717) is 0 Å². The predicted octanol–water partition coefficient (Wildman–Crippen LogP) is 3.02. The molecule has 0 atom stereocenters. The molecule has 116 valence electrons. The Morgan fingerprint density at radius 2 is 2.00 bits per heavy atom. The SMILES string of the molecule is CCOCCCNC(=NC)NCc1ccc(CC)s1.I. The Bertz CT molecular complexity index is 382. The number of halogens is 1. The number of hydrogen-bond acceptors (Lipinski definition) is 3. The molecule has 0 aliphatic carbocycles. The molecule has 4 nitrogen and oxygen atoms in total. The fraction of sp³-hybridized carbons (Fsp3) is 0.643. The number of aryl methyl sites for hydroxylation is 1. The minimum atomic E-state index is 0. The maximum Gasteiger partial charge on any atom is 0.191 e. The van der Waals surface area contributed by atoms with Crippen LogP contribution in [-0.4, -0.2) is 32.8 Å². The van der Waals surface area contributed by atoms with Gasteiger partial charge in [0.25, 0.3) is 0 Å². The van der Waals surface area contributed by atoms with Gasteiger partial charge < -0.3 is 15.4 Å². The van der Waals surface area contributed by atoms with Crippen LogP contribution in [0.2, 0.25) is 0 Å². The van der Waals surface area contributed by atoms with Crippen molar-refractivity contribution in [2.24, 2.45) is 4.99 Å². The van der Waals surface area contributed by atoms with Crippen LogP contribution in [-0.2, 0) is 17.7 Å². The van der Waals surface area contributed by atoms with Gasteiger partial charge in [-0.15, -0.1) is 35.3 Å². The van der Waals surface area contributed by atoms with Crippen LogP contribution < -0.4 is 10.6 Å². The van der Waals surface area contributed by atoms with Crippen LogP contribution in [0, 0.1) is 0 Å². The highest BCUT2D eigenvalue weighted by Crippen LogP contribution is 2.16. The highest BCUT2D eigenvalue weighted by Gasteiger charge is 2.00. The molecule has 0 aliphatic rings. The molecule has 2 N–H and O–H groups in total. The van der Waals surface area contributed by atoms with Gasteiger partial charge >= 0.3 is 0 Å². The Hall–Kier alpha value is -0.340. The first-order chi connectivity index (χ1) is 9.30. The van der Waals surface area contributed by atoms with Gasteiger partial charge in [-0.1, -0.05) is 6.92 Å². The van der Waals surface area contributed by atoms with Crippen LogP contribution in [0.4, 0.5) is 0 Å². The second-order valence-corrected chi connectivity index (χ2v) is 5.38. The van der Waals surface area contributed by atoms with E-state index in [2.05, 4.69) is 34.7 Å². The summed E-state index contributed by atoms with van der Waals surface area (Å²) >= 11 is 1.86. The van der Waals surface area contributed by atoms with Gasteiger partial charge in [-0.3, -0.25) is 4.99 Å². The third kappa shape index (κ3) is 8.06. The van der Waals surface area contributed by atoms with E-state index in [1.165, 1.54) is 9.75 Å². The lowest BCUT2D eigenvalue weighted by molar-refractivity contribution is 0.145. The molecule has 0 radical (unpaired) electrons. The molecular formula is C14H26IN3OS. The average Bonchev–Trinajstić information content (AvgIpc) is 2.90. The van der Waals surface area contributed by atoms with Gasteiger partial charge in [0, 0.05) is 36.6 Å². The van der Waals surface area contributed by atoms with Gasteiger partial charge in [-0.25, -0.2) is 0 Å². The van der Waals surface area contributed by atoms with Crippen LogP contribution >= 0.6 is 35.3 Å². The Morgan fingerprint density at radius 1 is 1.25 bits per heavy atom. The van der Waals surface area contributed by atoms with Crippen molar-refractivity contribution in [2.75, 3.05) is 26.8 Å². The van der Waals surface area contributed by atoms with Gasteiger partial charge in [0.2, 0.25) is 0 Å². The van der Waals surface area contributed by atoms with E-state index in [-0.39, 0.29) is 24.0 Å². The van der Waals surface area contributed by atoms with Crippen LogP contribution in [0.15, 0.2) is 17.1 Å². The molecule has 0 spiro atoms. The highest BCUT2D eigenvalue weighted by molar-refractivity contribution is 14.0. The molecule has 0 amide bonds. The molecule has 1 aromatic rings. The molecule has 1 heterocycles. The minimum Gasteiger partial charge on any atom is -0.382 e. The standard InChI is InChI=1S/C14H25N3OS.HI/c1-4-12-7-8-13(19-12)11-17-14(15-3)16-9-6-10-18-5-2;/h7-8H,4-6,9-11H2,1-3H3,(H2,15,16,17);1H. The monoisotopic (exact) mass is 411 g/mol. The molecule has 0 unspecified atom stereocenters. The lowest BCUT2D eigenvalue weighted by Gasteiger charge is -2.11. The van der Waals surface area contributed by atoms with Crippen molar-refractivity contribution in [3.63, 3.8) is 0 Å². The summed E-state index contributed by atoms with van der Waals surface area (Å²) in [6, 6.07) is 4.37. The first kappa shape index (κ1) is 19.7. The molecule has 0 fully saturated rings. The summed E-state index contributed by atoms with van der Waals surface area (Å²) in [6.07, 6.45) is 2.10. The Morgan fingerprint density at radius 3 is 2.60 bits per heavy atom. The zero-order valence-corrected chi connectivity index (χ0v) is 15.7. The van der Waals surface area contributed by atoms with Gasteiger partial charge in [0.05, 0.1) is 6.54 Å². The van der Waals surface area contributed by atoms with Crippen molar-refractivity contribution in [2.45, 2.75) is 33.2 Å². The first-order valence-corrected chi connectivity index (χ1v) is 7.71. The van der Waals surface area contributed by atoms with Crippen LogP contribution in [0.5, 0.6) is 0 Å². The zero-order chi connectivity index (χ0) is 13.9. The second kappa shape index (κ2) is 12.4. The molecule has 0 saturated carbocycles. The number of hydrogen-bond donors (Lipinski definition) is 2. The number of guanidine groups is 1. The minimum absolute atomic E-state index is 0. The van der Waals surface area contributed by atoms with Crippen molar-refractivity contribution in [3.05, 3.63) is 21.9 Å². The van der Waals surface area contributed by atoms with Gasteiger partial charge in [0.15, 0.2) is 5.96 Å². The lowest BCUT2D eigenvalue weighted by Crippen LogP contribution is -2.37. The summed E-state index contributed by atoms with van der Waals surface area (Å²) < 4.78 is 5.29. The summed E-state index contributed by atoms with van der Waals surface area (Å²) in [5.41, 5.74) is 0. The number of ether oxygens (including phenoxy) is 1. The number of thiophene rings is 1. The van der Waals surface area contributed by atoms with E-state index in [4.69, 9.17) is 4.74 Å². The van der Waals surface area contributed by atoms with Crippen molar-refractivity contribution in [1.82, 2.24) is 10.6 Å². The number of aliphatic imine (C=N–C) groups is 1. The fourth-order valence-corrected chi connectivity index (χ4v) is 2.52. The van der Waals surface area contributed by atoms with Crippen LogP contribution in [0.1, 0.15) is 30.0 Å². The Labute approximate surface area is 143 Å². The molecular weight excluding hydrogens is 385 g/mol. The summed E-state index contributed by atoms with van der Waals surface area (Å²) in [6.45, 7) is 7.48. The van der Waals surface area contributed by atoms with Crippen molar-refractivity contribution in [3.8, 4) is 0 Å². The van der Waals surface area contributed by atoms with Crippen LogP contribution in [0.25, 0.3) is 0 Å². The Balaban J connectivity index is 0.00000361. The molecule has 1 aromatic heterocycles.